The molecule has 0 aliphatic rings. The SMILES string of the molecule is CC(C)(C)c1cc(F)c2c(=O)n(-c3cccc(-n4cc(C#N)c5ccccc54)c3C=O)ncc2c1. The van der Waals surface area contributed by atoms with E-state index in [-0.39, 0.29) is 22.1 Å². The smallest absolute Gasteiger partial charge is 0.282 e. The third-order valence-electron chi connectivity index (χ3n) is 6.20. The molecular formula is C28H21FN4O2. The number of para-hydroxylation sites is 1. The van der Waals surface area contributed by atoms with Crippen molar-refractivity contribution < 1.29 is 9.18 Å². The highest BCUT2D eigenvalue weighted by molar-refractivity contribution is 5.92. The summed E-state index contributed by atoms with van der Waals surface area (Å²) in [6.07, 6.45) is 3.74. The number of aldehydes is 1. The van der Waals surface area contributed by atoms with Crippen molar-refractivity contribution in [1.29, 1.82) is 5.26 Å². The number of carbonyl (C=O) groups is 1. The third-order valence-corrected chi connectivity index (χ3v) is 6.20. The normalized spacial score (nSPS) is 11.6. The van der Waals surface area contributed by atoms with E-state index >= 15 is 4.39 Å². The molecule has 0 radical (unpaired) electrons. The predicted molar refractivity (Wildman–Crippen MR) is 133 cm³/mol. The van der Waals surface area contributed by atoms with Crippen LogP contribution in [0.25, 0.3) is 33.1 Å². The zero-order valence-corrected chi connectivity index (χ0v) is 19.4. The molecule has 0 unspecified atom stereocenters. The van der Waals surface area contributed by atoms with Crippen LogP contribution in [0, 0.1) is 17.1 Å². The lowest BCUT2D eigenvalue weighted by Crippen LogP contribution is -2.24. The van der Waals surface area contributed by atoms with Crippen molar-refractivity contribution >= 4 is 28.0 Å². The molecule has 2 aromatic heterocycles. The van der Waals surface area contributed by atoms with E-state index in [0.29, 0.717) is 22.9 Å². The summed E-state index contributed by atoms with van der Waals surface area (Å²) in [7, 11) is 0. The molecule has 0 aliphatic heterocycles. The zero-order chi connectivity index (χ0) is 24.9. The lowest BCUT2D eigenvalue weighted by atomic mass is 9.86. The number of halogens is 1. The van der Waals surface area contributed by atoms with E-state index in [1.807, 2.05) is 45.0 Å². The van der Waals surface area contributed by atoms with Gasteiger partial charge in [-0.25, -0.2) is 4.39 Å². The maximum absolute atomic E-state index is 15.1. The molecule has 3 aromatic carbocycles. The molecule has 0 saturated heterocycles. The van der Waals surface area contributed by atoms with Crippen molar-refractivity contribution in [3.8, 4) is 17.4 Å². The van der Waals surface area contributed by atoms with Gasteiger partial charge in [0.2, 0.25) is 0 Å². The zero-order valence-electron chi connectivity index (χ0n) is 19.4. The number of carbonyl (C=O) groups excluding carboxylic acids is 1. The van der Waals surface area contributed by atoms with Gasteiger partial charge in [0.15, 0.2) is 6.29 Å². The third kappa shape index (κ3) is 3.51. The van der Waals surface area contributed by atoms with E-state index in [1.54, 1.807) is 35.0 Å². The van der Waals surface area contributed by atoms with Crippen LogP contribution in [0.2, 0.25) is 0 Å². The van der Waals surface area contributed by atoms with Crippen molar-refractivity contribution in [1.82, 2.24) is 14.3 Å². The molecule has 35 heavy (non-hydrogen) atoms. The van der Waals surface area contributed by atoms with Crippen LogP contribution in [0.4, 0.5) is 4.39 Å². The summed E-state index contributed by atoms with van der Waals surface area (Å²) in [6.45, 7) is 5.90. The number of benzene rings is 3. The Balaban J connectivity index is 1.77. The van der Waals surface area contributed by atoms with Crippen LogP contribution in [0.1, 0.15) is 42.3 Å². The van der Waals surface area contributed by atoms with E-state index in [9.17, 15) is 14.9 Å². The summed E-state index contributed by atoms with van der Waals surface area (Å²) in [5.74, 6) is -0.632. The standard InChI is InChI=1S/C28H21FN4O2/c1-28(2,3)19-11-17-14-31-33(27(35)26(17)22(29)12-19)25-10-6-9-24(21(25)16-34)32-15-18(13-30)20-7-4-5-8-23(20)32/h4-12,14-16H,1-3H3. The summed E-state index contributed by atoms with van der Waals surface area (Å²) in [5, 5.41) is 14.9. The summed E-state index contributed by atoms with van der Waals surface area (Å²) in [5.41, 5.74) is 1.89. The van der Waals surface area contributed by atoms with Crippen LogP contribution in [0.15, 0.2) is 71.8 Å². The molecule has 0 saturated carbocycles. The largest absolute Gasteiger partial charge is 0.314 e. The number of aromatic nitrogens is 3. The predicted octanol–water partition coefficient (Wildman–Crippen LogP) is 5.45. The molecular weight excluding hydrogens is 443 g/mol. The summed E-state index contributed by atoms with van der Waals surface area (Å²) in [4.78, 5) is 25.7. The van der Waals surface area contributed by atoms with E-state index in [0.717, 1.165) is 21.1 Å². The van der Waals surface area contributed by atoms with Crippen molar-refractivity contribution in [2.45, 2.75) is 26.2 Å². The summed E-state index contributed by atoms with van der Waals surface area (Å²) in [6, 6.07) is 17.7. The lowest BCUT2D eigenvalue weighted by molar-refractivity contribution is 0.112. The summed E-state index contributed by atoms with van der Waals surface area (Å²) >= 11 is 0. The second-order valence-corrected chi connectivity index (χ2v) is 9.40. The molecule has 0 spiro atoms. The quantitative estimate of drug-likeness (QED) is 0.333. The maximum Gasteiger partial charge on any atom is 0.282 e. The van der Waals surface area contributed by atoms with Gasteiger partial charge in [-0.1, -0.05) is 45.0 Å². The first-order valence-electron chi connectivity index (χ1n) is 11.1. The minimum Gasteiger partial charge on any atom is -0.314 e. The van der Waals surface area contributed by atoms with Crippen molar-refractivity contribution in [3.63, 3.8) is 0 Å². The molecule has 0 bridgehead atoms. The highest BCUT2D eigenvalue weighted by atomic mass is 19.1. The van der Waals surface area contributed by atoms with Crippen molar-refractivity contribution in [3.05, 3.63) is 99.9 Å². The molecule has 6 nitrogen and oxygen atoms in total. The Morgan fingerprint density at radius 2 is 1.80 bits per heavy atom. The molecule has 0 atom stereocenters. The second kappa shape index (κ2) is 8.03. The van der Waals surface area contributed by atoms with Gasteiger partial charge in [-0.2, -0.15) is 15.0 Å². The van der Waals surface area contributed by atoms with Gasteiger partial charge in [0.05, 0.1) is 39.6 Å². The average molecular weight is 465 g/mol. The fourth-order valence-corrected chi connectivity index (χ4v) is 4.36. The Bertz CT molecular complexity index is 1750. The minimum absolute atomic E-state index is 0.0894. The first-order chi connectivity index (χ1) is 16.7. The van der Waals surface area contributed by atoms with E-state index < -0.39 is 11.4 Å². The van der Waals surface area contributed by atoms with Gasteiger partial charge in [0.1, 0.15) is 11.9 Å². The fourth-order valence-electron chi connectivity index (χ4n) is 4.36. The van der Waals surface area contributed by atoms with Gasteiger partial charge in [-0.05, 0) is 41.3 Å². The Labute approximate surface area is 200 Å². The van der Waals surface area contributed by atoms with Crippen LogP contribution in [-0.4, -0.2) is 20.6 Å². The number of rotatable bonds is 3. The van der Waals surface area contributed by atoms with Crippen LogP contribution < -0.4 is 5.56 Å². The van der Waals surface area contributed by atoms with E-state index in [1.165, 1.54) is 12.3 Å². The van der Waals surface area contributed by atoms with E-state index in [4.69, 9.17) is 0 Å². The first-order valence-corrected chi connectivity index (χ1v) is 11.1. The highest BCUT2D eigenvalue weighted by Gasteiger charge is 2.21. The second-order valence-electron chi connectivity index (χ2n) is 9.40. The molecule has 0 fully saturated rings. The molecule has 5 aromatic rings. The molecule has 7 heteroatoms. The summed E-state index contributed by atoms with van der Waals surface area (Å²) < 4.78 is 17.9. The monoisotopic (exact) mass is 464 g/mol. The molecule has 5 rings (SSSR count). The molecule has 172 valence electrons. The van der Waals surface area contributed by atoms with Crippen LogP contribution in [-0.2, 0) is 5.41 Å². The van der Waals surface area contributed by atoms with Crippen molar-refractivity contribution in [2.75, 3.05) is 0 Å². The number of fused-ring (bicyclic) bond motifs is 2. The Kier molecular flexibility index (Phi) is 5.10. The average Bonchev–Trinajstić information content (AvgIpc) is 3.21. The molecule has 0 aliphatic carbocycles. The molecule has 2 heterocycles. The van der Waals surface area contributed by atoms with Gasteiger partial charge >= 0.3 is 0 Å². The van der Waals surface area contributed by atoms with Crippen LogP contribution in [0.3, 0.4) is 0 Å². The van der Waals surface area contributed by atoms with Gasteiger partial charge in [-0.3, -0.25) is 9.59 Å². The number of hydrogen-bond donors (Lipinski definition) is 0. The van der Waals surface area contributed by atoms with Gasteiger partial charge in [-0.15, -0.1) is 0 Å². The van der Waals surface area contributed by atoms with Gasteiger partial charge in [0, 0.05) is 17.0 Å². The van der Waals surface area contributed by atoms with E-state index in [2.05, 4.69) is 11.2 Å². The number of nitriles is 1. The maximum atomic E-state index is 15.1. The van der Waals surface area contributed by atoms with Gasteiger partial charge in [0.25, 0.3) is 5.56 Å². The number of hydrogen-bond acceptors (Lipinski definition) is 4. The Morgan fingerprint density at radius 1 is 1.06 bits per heavy atom. The Morgan fingerprint density at radius 3 is 2.51 bits per heavy atom. The minimum atomic E-state index is -0.657. The molecule has 0 amide bonds. The Hall–Kier alpha value is -4.57. The first kappa shape index (κ1) is 22.2. The lowest BCUT2D eigenvalue weighted by Gasteiger charge is -2.20. The van der Waals surface area contributed by atoms with Crippen molar-refractivity contribution in [2.24, 2.45) is 0 Å². The fraction of sp³-hybridized carbons (Fsp3) is 0.143. The number of nitrogens with zero attached hydrogens (tertiary/aromatic N) is 4. The highest BCUT2D eigenvalue weighted by Crippen LogP contribution is 2.29. The molecule has 0 N–H and O–H groups in total. The van der Waals surface area contributed by atoms with Crippen LogP contribution in [0.5, 0.6) is 0 Å². The van der Waals surface area contributed by atoms with Crippen LogP contribution >= 0.6 is 0 Å². The van der Waals surface area contributed by atoms with Gasteiger partial charge < -0.3 is 4.57 Å². The topological polar surface area (TPSA) is 80.7 Å².